The largest absolute Gasteiger partial charge is 0.573 e. The lowest BCUT2D eigenvalue weighted by molar-refractivity contribution is -0.274. The molecule has 0 atom stereocenters. The number of carbonyl (C=O) groups is 1. The Morgan fingerprint density at radius 1 is 1.00 bits per heavy atom. The van der Waals surface area contributed by atoms with Gasteiger partial charge in [0.05, 0.1) is 23.7 Å². The number of hydrogen-bond acceptors (Lipinski definition) is 5. The van der Waals surface area contributed by atoms with Crippen LogP contribution in [0.5, 0.6) is 5.75 Å². The van der Waals surface area contributed by atoms with Crippen molar-refractivity contribution in [1.29, 1.82) is 0 Å². The van der Waals surface area contributed by atoms with Crippen LogP contribution in [0.25, 0.3) is 22.2 Å². The lowest BCUT2D eigenvalue weighted by Crippen LogP contribution is -2.16. The lowest BCUT2D eigenvalue weighted by atomic mass is 10.0. The average molecular weight is 427 g/mol. The third kappa shape index (κ3) is 4.77. The summed E-state index contributed by atoms with van der Waals surface area (Å²) in [5, 5.41) is 3.01. The van der Waals surface area contributed by atoms with Crippen molar-refractivity contribution in [3.63, 3.8) is 0 Å². The predicted octanol–water partition coefficient (Wildman–Crippen LogP) is 5.66. The summed E-state index contributed by atoms with van der Waals surface area (Å²) in [7, 11) is 1.33. The molecule has 0 aliphatic rings. The normalized spacial score (nSPS) is 11.4. The summed E-state index contributed by atoms with van der Waals surface area (Å²) in [5.41, 5.74) is 4.16. The van der Waals surface area contributed by atoms with E-state index in [1.807, 2.05) is 24.3 Å². The quantitative estimate of drug-likeness (QED) is 0.402. The molecule has 9 heteroatoms. The smallest absolute Gasteiger partial charge is 0.465 e. The van der Waals surface area contributed by atoms with Gasteiger partial charge in [0.2, 0.25) is 5.95 Å². The fourth-order valence-corrected chi connectivity index (χ4v) is 3.07. The maximum atomic E-state index is 12.3. The van der Waals surface area contributed by atoms with E-state index in [9.17, 15) is 18.0 Å². The topological polar surface area (TPSA) is 76.2 Å². The van der Waals surface area contributed by atoms with Gasteiger partial charge >= 0.3 is 12.3 Å². The number of anilines is 2. The number of aromatic nitrogens is 2. The first-order chi connectivity index (χ1) is 14.8. The second-order valence-electron chi connectivity index (χ2n) is 6.59. The van der Waals surface area contributed by atoms with Gasteiger partial charge in [-0.15, -0.1) is 13.2 Å². The van der Waals surface area contributed by atoms with E-state index in [0.29, 0.717) is 22.7 Å². The molecule has 0 radical (unpaired) electrons. The highest BCUT2D eigenvalue weighted by molar-refractivity contribution is 5.91. The Labute approximate surface area is 174 Å². The highest BCUT2D eigenvalue weighted by Crippen LogP contribution is 2.27. The second-order valence-corrected chi connectivity index (χ2v) is 6.59. The Hall–Kier alpha value is -4.01. The molecule has 4 rings (SSSR count). The summed E-state index contributed by atoms with van der Waals surface area (Å²) in [6.45, 7) is 0. The van der Waals surface area contributed by atoms with Gasteiger partial charge in [-0.05, 0) is 59.7 Å². The minimum Gasteiger partial charge on any atom is -0.465 e. The summed E-state index contributed by atoms with van der Waals surface area (Å²) in [6, 6.07) is 18.0. The van der Waals surface area contributed by atoms with Gasteiger partial charge in [-0.25, -0.2) is 9.78 Å². The SMILES string of the molecule is COC(=O)c1cccc(-c2ccc3nc(Nc4ccc(OC(F)(F)F)cc4)[nH]c3c2)c1. The van der Waals surface area contributed by atoms with E-state index >= 15 is 0 Å². The number of carbonyl (C=O) groups excluding carboxylic acids is 1. The first kappa shape index (κ1) is 20.3. The average Bonchev–Trinajstić information content (AvgIpc) is 3.15. The Morgan fingerprint density at radius 3 is 2.45 bits per heavy atom. The van der Waals surface area contributed by atoms with Crippen LogP contribution in [0.3, 0.4) is 0 Å². The molecule has 3 aromatic carbocycles. The molecule has 158 valence electrons. The third-order valence-electron chi connectivity index (χ3n) is 4.45. The molecule has 1 aromatic heterocycles. The number of nitrogens with one attached hydrogen (secondary N) is 2. The number of fused-ring (bicyclic) bond motifs is 1. The van der Waals surface area contributed by atoms with E-state index in [1.165, 1.54) is 31.4 Å². The van der Waals surface area contributed by atoms with Crippen LogP contribution in [0.15, 0.2) is 66.7 Å². The number of ether oxygens (including phenoxy) is 2. The maximum absolute atomic E-state index is 12.3. The van der Waals surface area contributed by atoms with Gasteiger partial charge in [-0.3, -0.25) is 0 Å². The molecule has 0 saturated carbocycles. The molecular formula is C22H16F3N3O3. The van der Waals surface area contributed by atoms with Gasteiger partial charge in [-0.2, -0.15) is 0 Å². The second kappa shape index (κ2) is 8.02. The Morgan fingerprint density at radius 2 is 1.74 bits per heavy atom. The first-order valence-corrected chi connectivity index (χ1v) is 9.12. The number of rotatable bonds is 5. The van der Waals surface area contributed by atoms with Gasteiger partial charge in [0.1, 0.15) is 5.75 Å². The van der Waals surface area contributed by atoms with Crippen molar-refractivity contribution in [2.45, 2.75) is 6.36 Å². The summed E-state index contributed by atoms with van der Waals surface area (Å²) in [6.07, 6.45) is -4.73. The number of hydrogen-bond donors (Lipinski definition) is 2. The number of aromatic amines is 1. The zero-order chi connectivity index (χ0) is 22.0. The van der Waals surface area contributed by atoms with Crippen molar-refractivity contribution in [2.24, 2.45) is 0 Å². The number of alkyl halides is 3. The van der Waals surface area contributed by atoms with E-state index in [4.69, 9.17) is 4.74 Å². The molecule has 0 spiro atoms. The van der Waals surface area contributed by atoms with Crippen molar-refractivity contribution in [1.82, 2.24) is 9.97 Å². The number of nitrogens with zero attached hydrogens (tertiary/aromatic N) is 1. The maximum Gasteiger partial charge on any atom is 0.573 e. The molecule has 4 aromatic rings. The first-order valence-electron chi connectivity index (χ1n) is 9.12. The molecule has 0 bridgehead atoms. The molecule has 2 N–H and O–H groups in total. The fraction of sp³-hybridized carbons (Fsp3) is 0.0909. The summed E-state index contributed by atoms with van der Waals surface area (Å²) in [4.78, 5) is 19.3. The van der Waals surface area contributed by atoms with Crippen molar-refractivity contribution in [3.8, 4) is 16.9 Å². The molecule has 0 unspecified atom stereocenters. The molecule has 6 nitrogen and oxygen atoms in total. The minimum absolute atomic E-state index is 0.304. The molecule has 31 heavy (non-hydrogen) atoms. The molecule has 0 aliphatic heterocycles. The van der Waals surface area contributed by atoms with Crippen molar-refractivity contribution in [3.05, 3.63) is 72.3 Å². The van der Waals surface area contributed by atoms with Crippen LogP contribution in [0.2, 0.25) is 0 Å². The number of benzene rings is 3. The number of esters is 1. The monoisotopic (exact) mass is 427 g/mol. The van der Waals surface area contributed by atoms with E-state index in [1.54, 1.807) is 18.2 Å². The van der Waals surface area contributed by atoms with Gasteiger partial charge in [0, 0.05) is 5.69 Å². The fourth-order valence-electron chi connectivity index (χ4n) is 3.07. The van der Waals surface area contributed by atoms with Crippen LogP contribution in [0.1, 0.15) is 10.4 Å². The Balaban J connectivity index is 1.55. The van der Waals surface area contributed by atoms with Crippen molar-refractivity contribution in [2.75, 3.05) is 12.4 Å². The zero-order valence-electron chi connectivity index (χ0n) is 16.2. The molecule has 0 saturated heterocycles. The number of imidazole rings is 1. The van der Waals surface area contributed by atoms with E-state index in [-0.39, 0.29) is 5.75 Å². The number of H-pyrrole nitrogens is 1. The predicted molar refractivity (Wildman–Crippen MR) is 109 cm³/mol. The molecule has 1 heterocycles. The summed E-state index contributed by atoms with van der Waals surface area (Å²) >= 11 is 0. The standard InChI is InChI=1S/C22H16F3N3O3/c1-30-20(29)15-4-2-3-13(11-15)14-5-10-18-19(12-14)28-21(27-18)26-16-6-8-17(9-7-16)31-22(23,24)25/h2-12H,1H3,(H2,26,27,28). The van der Waals surface area contributed by atoms with Gasteiger partial charge in [0.25, 0.3) is 0 Å². The van der Waals surface area contributed by atoms with E-state index in [2.05, 4.69) is 20.0 Å². The number of halogens is 3. The lowest BCUT2D eigenvalue weighted by Gasteiger charge is -2.09. The highest BCUT2D eigenvalue weighted by Gasteiger charge is 2.30. The Kier molecular flexibility index (Phi) is 5.24. The van der Waals surface area contributed by atoms with Gasteiger partial charge in [0.15, 0.2) is 0 Å². The van der Waals surface area contributed by atoms with Crippen LogP contribution >= 0.6 is 0 Å². The molecule has 0 fully saturated rings. The van der Waals surface area contributed by atoms with Crippen LogP contribution in [0, 0.1) is 0 Å². The number of methoxy groups -OCH3 is 1. The highest BCUT2D eigenvalue weighted by atomic mass is 19.4. The summed E-state index contributed by atoms with van der Waals surface area (Å²) < 4.78 is 45.4. The zero-order valence-corrected chi connectivity index (χ0v) is 16.2. The van der Waals surface area contributed by atoms with Crippen molar-refractivity contribution >= 4 is 28.6 Å². The Bertz CT molecular complexity index is 1230. The van der Waals surface area contributed by atoms with E-state index < -0.39 is 12.3 Å². The third-order valence-corrected chi connectivity index (χ3v) is 4.45. The minimum atomic E-state index is -4.73. The molecular weight excluding hydrogens is 411 g/mol. The van der Waals surface area contributed by atoms with Crippen LogP contribution < -0.4 is 10.1 Å². The van der Waals surface area contributed by atoms with Gasteiger partial charge in [-0.1, -0.05) is 18.2 Å². The molecule has 0 amide bonds. The van der Waals surface area contributed by atoms with Crippen LogP contribution in [-0.2, 0) is 4.74 Å². The van der Waals surface area contributed by atoms with Crippen LogP contribution in [-0.4, -0.2) is 29.4 Å². The van der Waals surface area contributed by atoms with Crippen LogP contribution in [0.4, 0.5) is 24.8 Å². The van der Waals surface area contributed by atoms with Crippen molar-refractivity contribution < 1.29 is 27.4 Å². The summed E-state index contributed by atoms with van der Waals surface area (Å²) in [5.74, 6) is -0.288. The molecule has 0 aliphatic carbocycles. The van der Waals surface area contributed by atoms with Gasteiger partial charge < -0.3 is 19.8 Å². The van der Waals surface area contributed by atoms with E-state index in [0.717, 1.165) is 16.6 Å².